The SMILES string of the molecule is C/C=C1\c2ccccc2C2=C(c3ccc(C)cc3)C(CC)=C(CC)C21CC. The minimum atomic E-state index is 0.0543. The fourth-order valence-electron chi connectivity index (χ4n) is 5.68. The van der Waals surface area contributed by atoms with E-state index in [1.165, 1.54) is 33.4 Å². The molecule has 0 spiro atoms. The molecule has 1 unspecified atom stereocenters. The zero-order chi connectivity index (χ0) is 19.2. The summed E-state index contributed by atoms with van der Waals surface area (Å²) in [5.74, 6) is 0. The summed E-state index contributed by atoms with van der Waals surface area (Å²) in [5.41, 5.74) is 13.4. The molecule has 0 saturated heterocycles. The molecule has 0 N–H and O–H groups in total. The van der Waals surface area contributed by atoms with Crippen molar-refractivity contribution in [3.8, 4) is 0 Å². The average molecular weight is 355 g/mol. The number of hydrogen-bond donors (Lipinski definition) is 0. The van der Waals surface area contributed by atoms with Crippen LogP contribution in [0, 0.1) is 12.3 Å². The molecule has 2 aromatic rings. The first kappa shape index (κ1) is 18.0. The summed E-state index contributed by atoms with van der Waals surface area (Å²) in [4.78, 5) is 0. The van der Waals surface area contributed by atoms with E-state index in [1.807, 2.05) is 0 Å². The minimum Gasteiger partial charge on any atom is -0.0826 e. The molecular formula is C27H30. The van der Waals surface area contributed by atoms with E-state index >= 15 is 0 Å². The van der Waals surface area contributed by atoms with Gasteiger partial charge in [-0.25, -0.2) is 0 Å². The lowest BCUT2D eigenvalue weighted by Gasteiger charge is -2.32. The second-order valence-electron chi connectivity index (χ2n) is 7.79. The van der Waals surface area contributed by atoms with Crippen LogP contribution in [-0.4, -0.2) is 0 Å². The molecule has 0 amide bonds. The highest BCUT2D eigenvalue weighted by Crippen LogP contribution is 2.68. The quantitative estimate of drug-likeness (QED) is 0.524. The van der Waals surface area contributed by atoms with Crippen molar-refractivity contribution in [1.29, 1.82) is 0 Å². The van der Waals surface area contributed by atoms with Crippen LogP contribution < -0.4 is 0 Å². The summed E-state index contributed by atoms with van der Waals surface area (Å²) in [5, 5.41) is 0. The zero-order valence-corrected chi connectivity index (χ0v) is 17.3. The van der Waals surface area contributed by atoms with Gasteiger partial charge in [-0.3, -0.25) is 0 Å². The van der Waals surface area contributed by atoms with Crippen molar-refractivity contribution in [2.45, 2.75) is 53.9 Å². The fraction of sp³-hybridized carbons (Fsp3) is 0.333. The maximum atomic E-state index is 2.37. The number of rotatable bonds is 4. The predicted octanol–water partition coefficient (Wildman–Crippen LogP) is 7.85. The third-order valence-corrected chi connectivity index (χ3v) is 6.67. The normalized spacial score (nSPS) is 22.6. The van der Waals surface area contributed by atoms with E-state index in [0.29, 0.717) is 0 Å². The van der Waals surface area contributed by atoms with E-state index in [0.717, 1.165) is 19.3 Å². The zero-order valence-electron chi connectivity index (χ0n) is 17.3. The average Bonchev–Trinajstić information content (AvgIpc) is 3.15. The van der Waals surface area contributed by atoms with Gasteiger partial charge in [-0.2, -0.15) is 0 Å². The number of allylic oxidation sites excluding steroid dienone is 6. The summed E-state index contributed by atoms with van der Waals surface area (Å²) in [6.07, 6.45) is 5.70. The summed E-state index contributed by atoms with van der Waals surface area (Å²) in [6.45, 7) is 11.4. The van der Waals surface area contributed by atoms with Gasteiger partial charge < -0.3 is 0 Å². The first-order valence-corrected chi connectivity index (χ1v) is 10.4. The summed E-state index contributed by atoms with van der Waals surface area (Å²) < 4.78 is 0. The predicted molar refractivity (Wildman–Crippen MR) is 118 cm³/mol. The van der Waals surface area contributed by atoms with Crippen molar-refractivity contribution >= 4 is 16.7 Å². The van der Waals surface area contributed by atoms with Gasteiger partial charge >= 0.3 is 0 Å². The molecule has 0 bridgehead atoms. The van der Waals surface area contributed by atoms with Gasteiger partial charge in [0.05, 0.1) is 0 Å². The maximum Gasteiger partial charge on any atom is 0.0429 e. The second kappa shape index (κ2) is 6.68. The Labute approximate surface area is 164 Å². The smallest absolute Gasteiger partial charge is 0.0429 e. The van der Waals surface area contributed by atoms with Gasteiger partial charge in [0, 0.05) is 5.41 Å². The Bertz CT molecular complexity index is 979. The van der Waals surface area contributed by atoms with Gasteiger partial charge in [0.25, 0.3) is 0 Å². The minimum absolute atomic E-state index is 0.0543. The lowest BCUT2D eigenvalue weighted by atomic mass is 9.70. The van der Waals surface area contributed by atoms with Crippen LogP contribution >= 0.6 is 0 Å². The number of aryl methyl sites for hydroxylation is 1. The molecule has 27 heavy (non-hydrogen) atoms. The van der Waals surface area contributed by atoms with Crippen LogP contribution in [-0.2, 0) is 0 Å². The molecule has 1 atom stereocenters. The Balaban J connectivity index is 2.15. The highest BCUT2D eigenvalue weighted by Gasteiger charge is 2.52. The van der Waals surface area contributed by atoms with Crippen LogP contribution in [0.1, 0.15) is 69.2 Å². The second-order valence-corrected chi connectivity index (χ2v) is 7.79. The monoisotopic (exact) mass is 354 g/mol. The topological polar surface area (TPSA) is 0 Å². The molecule has 0 radical (unpaired) electrons. The molecule has 2 aliphatic rings. The van der Waals surface area contributed by atoms with Crippen molar-refractivity contribution in [3.05, 3.63) is 88.0 Å². The van der Waals surface area contributed by atoms with Crippen LogP contribution in [0.5, 0.6) is 0 Å². The summed E-state index contributed by atoms with van der Waals surface area (Å²) in [7, 11) is 0. The lowest BCUT2D eigenvalue weighted by molar-refractivity contribution is 0.597. The highest BCUT2D eigenvalue weighted by molar-refractivity contribution is 6.15. The molecule has 0 saturated carbocycles. The standard InChI is InChI=1S/C27H30/c1-6-20-23(7-2)27(9-4)24(8-3)21-12-10-11-13-22(21)26(27)25(20)19-16-14-18(5)15-17-19/h8,10-17H,6-7,9H2,1-5H3/b24-8+. The first-order chi connectivity index (χ1) is 13.1. The molecular weight excluding hydrogens is 324 g/mol. The fourth-order valence-corrected chi connectivity index (χ4v) is 5.68. The lowest BCUT2D eigenvalue weighted by Crippen LogP contribution is -2.19. The third kappa shape index (κ3) is 2.29. The number of hydrogen-bond acceptors (Lipinski definition) is 0. The van der Waals surface area contributed by atoms with Crippen molar-refractivity contribution in [2.24, 2.45) is 5.41 Å². The van der Waals surface area contributed by atoms with Gasteiger partial charge in [-0.15, -0.1) is 0 Å². The Morgan fingerprint density at radius 2 is 1.52 bits per heavy atom. The van der Waals surface area contributed by atoms with E-state index in [1.54, 1.807) is 16.7 Å². The van der Waals surface area contributed by atoms with E-state index in [9.17, 15) is 0 Å². The Morgan fingerprint density at radius 1 is 0.852 bits per heavy atom. The van der Waals surface area contributed by atoms with Gasteiger partial charge in [0.1, 0.15) is 0 Å². The van der Waals surface area contributed by atoms with Gasteiger partial charge in [0.2, 0.25) is 0 Å². The number of fused-ring (bicyclic) bond motifs is 3. The number of benzene rings is 2. The third-order valence-electron chi connectivity index (χ3n) is 6.67. The Hall–Kier alpha value is -2.34. The molecule has 4 rings (SSSR count). The van der Waals surface area contributed by atoms with Crippen molar-refractivity contribution in [3.63, 3.8) is 0 Å². The van der Waals surface area contributed by atoms with Crippen LogP contribution in [0.3, 0.4) is 0 Å². The van der Waals surface area contributed by atoms with E-state index < -0.39 is 0 Å². The maximum absolute atomic E-state index is 2.37. The largest absolute Gasteiger partial charge is 0.0826 e. The van der Waals surface area contributed by atoms with Gasteiger partial charge in [0.15, 0.2) is 0 Å². The molecule has 0 aromatic heterocycles. The molecule has 0 heteroatoms. The van der Waals surface area contributed by atoms with Crippen molar-refractivity contribution in [1.82, 2.24) is 0 Å². The van der Waals surface area contributed by atoms with Crippen LogP contribution in [0.2, 0.25) is 0 Å². The Kier molecular flexibility index (Phi) is 4.46. The first-order valence-electron chi connectivity index (χ1n) is 10.4. The van der Waals surface area contributed by atoms with Crippen LogP contribution in [0.15, 0.2) is 65.8 Å². The molecule has 0 nitrogen and oxygen atoms in total. The van der Waals surface area contributed by atoms with E-state index in [4.69, 9.17) is 0 Å². The van der Waals surface area contributed by atoms with Gasteiger partial charge in [-0.1, -0.05) is 86.5 Å². The van der Waals surface area contributed by atoms with Crippen molar-refractivity contribution < 1.29 is 0 Å². The molecule has 138 valence electrons. The van der Waals surface area contributed by atoms with E-state index in [2.05, 4.69) is 89.2 Å². The highest BCUT2D eigenvalue weighted by atomic mass is 14.5. The Morgan fingerprint density at radius 3 is 2.07 bits per heavy atom. The molecule has 0 heterocycles. The molecule has 2 aliphatic carbocycles. The van der Waals surface area contributed by atoms with Crippen molar-refractivity contribution in [2.75, 3.05) is 0 Å². The van der Waals surface area contributed by atoms with Crippen LogP contribution in [0.25, 0.3) is 16.7 Å². The molecule has 2 aromatic carbocycles. The van der Waals surface area contributed by atoms with Gasteiger partial charge in [-0.05, 0) is 72.1 Å². The summed E-state index contributed by atoms with van der Waals surface area (Å²) in [6, 6.07) is 18.2. The summed E-state index contributed by atoms with van der Waals surface area (Å²) >= 11 is 0. The molecule has 0 aliphatic heterocycles. The van der Waals surface area contributed by atoms with Crippen LogP contribution in [0.4, 0.5) is 0 Å². The molecule has 0 fully saturated rings. The van der Waals surface area contributed by atoms with E-state index in [-0.39, 0.29) is 5.41 Å².